The number of nitrogens with one attached hydrogen (secondary N) is 1. The maximum atomic E-state index is 4.67. The molecule has 0 aromatic carbocycles. The van der Waals surface area contributed by atoms with E-state index in [1.54, 1.807) is 0 Å². The van der Waals surface area contributed by atoms with Crippen LogP contribution in [0, 0.1) is 0 Å². The molecule has 0 aliphatic heterocycles. The summed E-state index contributed by atoms with van der Waals surface area (Å²) in [5.41, 5.74) is 0. The smallest absolute Gasteiger partial charge is 0.213 e. The van der Waals surface area contributed by atoms with Crippen molar-refractivity contribution < 1.29 is 4.52 Å². The van der Waals surface area contributed by atoms with E-state index >= 15 is 0 Å². The van der Waals surface area contributed by atoms with E-state index in [1.807, 2.05) is 6.07 Å². The first-order chi connectivity index (χ1) is 8.78. The summed E-state index contributed by atoms with van der Waals surface area (Å²) in [6, 6.07) is 1.86. The Hall–Kier alpha value is -1.50. The number of hydrogen-bond donors (Lipinski definition) is 1. The lowest BCUT2D eigenvalue weighted by atomic mass is 10.3. The number of hydrogen-bond acceptors (Lipinski definition) is 6. The van der Waals surface area contributed by atoms with Crippen LogP contribution in [-0.4, -0.2) is 26.7 Å². The van der Waals surface area contributed by atoms with Gasteiger partial charge in [-0.25, -0.2) is 9.97 Å². The third-order valence-corrected chi connectivity index (χ3v) is 2.68. The average Bonchev–Trinajstić information content (AvgIpc) is 2.82. The Morgan fingerprint density at radius 3 is 2.89 bits per heavy atom. The minimum atomic E-state index is 0.685. The molecular weight excluding hydrogens is 298 g/mol. The number of anilines is 1. The molecule has 0 bridgehead atoms. The van der Waals surface area contributed by atoms with Gasteiger partial charge in [0.2, 0.25) is 6.39 Å². The Balaban J connectivity index is 1.92. The van der Waals surface area contributed by atoms with Crippen LogP contribution in [0.2, 0.25) is 0 Å². The second-order valence-electron chi connectivity index (χ2n) is 3.77. The summed E-state index contributed by atoms with van der Waals surface area (Å²) in [5.74, 6) is 2.34. The van der Waals surface area contributed by atoms with Crippen molar-refractivity contribution in [1.29, 1.82) is 0 Å². The molecule has 0 spiro atoms. The maximum absolute atomic E-state index is 4.67. The largest absolute Gasteiger partial charge is 0.369 e. The predicted octanol–water partition coefficient (Wildman–Crippen LogP) is 2.23. The van der Waals surface area contributed by atoms with Crippen LogP contribution in [0.4, 0.5) is 5.82 Å². The Morgan fingerprint density at radius 1 is 1.28 bits per heavy atom. The molecule has 2 aromatic heterocycles. The van der Waals surface area contributed by atoms with Crippen molar-refractivity contribution in [2.75, 3.05) is 11.9 Å². The van der Waals surface area contributed by atoms with Crippen molar-refractivity contribution in [3.63, 3.8) is 0 Å². The number of halogens is 1. The second-order valence-corrected chi connectivity index (χ2v) is 4.58. The molecule has 0 aliphatic carbocycles. The fourth-order valence-corrected chi connectivity index (χ4v) is 1.92. The Labute approximate surface area is 113 Å². The molecule has 0 saturated carbocycles. The summed E-state index contributed by atoms with van der Waals surface area (Å²) < 4.78 is 5.46. The average molecular weight is 312 g/mol. The lowest BCUT2D eigenvalue weighted by Crippen LogP contribution is -2.09. The van der Waals surface area contributed by atoms with Gasteiger partial charge < -0.3 is 9.84 Å². The van der Waals surface area contributed by atoms with Gasteiger partial charge in [-0.15, -0.1) is 0 Å². The molecule has 0 unspecified atom stereocenters. The van der Waals surface area contributed by atoms with Crippen LogP contribution in [0.15, 0.2) is 21.6 Å². The van der Waals surface area contributed by atoms with Crippen molar-refractivity contribution in [2.45, 2.75) is 26.2 Å². The number of rotatable bonds is 6. The SMILES string of the molecule is CCCc1nc(Br)cc(NCCc2ncon2)n1. The summed E-state index contributed by atoms with van der Waals surface area (Å²) in [5, 5.41) is 6.96. The molecule has 96 valence electrons. The highest BCUT2D eigenvalue weighted by Crippen LogP contribution is 2.13. The van der Waals surface area contributed by atoms with Crippen molar-refractivity contribution in [3.05, 3.63) is 28.7 Å². The highest BCUT2D eigenvalue weighted by Gasteiger charge is 2.03. The van der Waals surface area contributed by atoms with E-state index in [2.05, 4.69) is 52.8 Å². The van der Waals surface area contributed by atoms with Crippen molar-refractivity contribution >= 4 is 21.7 Å². The molecular formula is C11H14BrN5O. The predicted molar refractivity (Wildman–Crippen MR) is 70.2 cm³/mol. The molecule has 7 heteroatoms. The zero-order valence-electron chi connectivity index (χ0n) is 10.1. The molecule has 1 N–H and O–H groups in total. The van der Waals surface area contributed by atoms with Gasteiger partial charge in [0.15, 0.2) is 5.82 Å². The van der Waals surface area contributed by atoms with Crippen molar-refractivity contribution in [3.8, 4) is 0 Å². The molecule has 2 aromatic rings. The molecule has 2 heterocycles. The molecule has 0 atom stereocenters. The quantitative estimate of drug-likeness (QED) is 0.824. The summed E-state index contributed by atoms with van der Waals surface area (Å²) in [7, 11) is 0. The van der Waals surface area contributed by atoms with Crippen LogP contribution < -0.4 is 5.32 Å². The first-order valence-corrected chi connectivity index (χ1v) is 6.60. The van der Waals surface area contributed by atoms with Gasteiger partial charge in [-0.1, -0.05) is 12.1 Å². The monoisotopic (exact) mass is 311 g/mol. The summed E-state index contributed by atoms with van der Waals surface area (Å²) in [6.45, 7) is 2.81. The second kappa shape index (κ2) is 6.44. The molecule has 0 radical (unpaired) electrons. The maximum Gasteiger partial charge on any atom is 0.213 e. The Kier molecular flexibility index (Phi) is 4.63. The van der Waals surface area contributed by atoms with Gasteiger partial charge >= 0.3 is 0 Å². The van der Waals surface area contributed by atoms with E-state index in [4.69, 9.17) is 0 Å². The van der Waals surface area contributed by atoms with Gasteiger partial charge in [-0.3, -0.25) is 0 Å². The van der Waals surface area contributed by atoms with Crippen LogP contribution in [-0.2, 0) is 12.8 Å². The normalized spacial score (nSPS) is 10.6. The molecule has 6 nitrogen and oxygen atoms in total. The highest BCUT2D eigenvalue weighted by atomic mass is 79.9. The molecule has 0 amide bonds. The fourth-order valence-electron chi connectivity index (χ4n) is 1.50. The lowest BCUT2D eigenvalue weighted by Gasteiger charge is -2.06. The summed E-state index contributed by atoms with van der Waals surface area (Å²) in [4.78, 5) is 12.7. The first kappa shape index (κ1) is 12.9. The van der Waals surface area contributed by atoms with Crippen LogP contribution in [0.25, 0.3) is 0 Å². The standard InChI is InChI=1S/C11H14BrN5O/c1-2-3-10-15-8(12)6-11(16-10)13-5-4-9-14-7-18-17-9/h6-7H,2-5H2,1H3,(H,13,15,16). The van der Waals surface area contributed by atoms with Gasteiger partial charge in [-0.2, -0.15) is 4.98 Å². The van der Waals surface area contributed by atoms with Crippen LogP contribution in [0.1, 0.15) is 25.0 Å². The van der Waals surface area contributed by atoms with E-state index < -0.39 is 0 Å². The van der Waals surface area contributed by atoms with Gasteiger partial charge in [0.1, 0.15) is 16.2 Å². The first-order valence-electron chi connectivity index (χ1n) is 5.80. The molecule has 0 aliphatic rings. The van der Waals surface area contributed by atoms with E-state index in [0.717, 1.165) is 29.1 Å². The fraction of sp³-hybridized carbons (Fsp3) is 0.455. The lowest BCUT2D eigenvalue weighted by molar-refractivity contribution is 0.410. The molecule has 2 rings (SSSR count). The van der Waals surface area contributed by atoms with Gasteiger partial charge in [0.25, 0.3) is 0 Å². The molecule has 18 heavy (non-hydrogen) atoms. The van der Waals surface area contributed by atoms with Crippen LogP contribution in [0.5, 0.6) is 0 Å². The zero-order chi connectivity index (χ0) is 12.8. The van der Waals surface area contributed by atoms with Crippen LogP contribution in [0.3, 0.4) is 0 Å². The van der Waals surface area contributed by atoms with Gasteiger partial charge in [0.05, 0.1) is 0 Å². The Morgan fingerprint density at radius 2 is 2.17 bits per heavy atom. The van der Waals surface area contributed by atoms with Crippen LogP contribution >= 0.6 is 15.9 Å². The zero-order valence-corrected chi connectivity index (χ0v) is 11.6. The van der Waals surface area contributed by atoms with Crippen molar-refractivity contribution in [1.82, 2.24) is 20.1 Å². The van der Waals surface area contributed by atoms with Gasteiger partial charge in [-0.05, 0) is 22.4 Å². The minimum Gasteiger partial charge on any atom is -0.369 e. The number of nitrogens with zero attached hydrogens (tertiary/aromatic N) is 4. The third kappa shape index (κ3) is 3.76. The Bertz CT molecular complexity index is 488. The summed E-state index contributed by atoms with van der Waals surface area (Å²) in [6.07, 6.45) is 3.93. The minimum absolute atomic E-state index is 0.685. The number of aryl methyl sites for hydroxylation is 1. The molecule has 0 fully saturated rings. The van der Waals surface area contributed by atoms with E-state index in [9.17, 15) is 0 Å². The molecule has 0 saturated heterocycles. The number of aromatic nitrogens is 4. The van der Waals surface area contributed by atoms with E-state index in [0.29, 0.717) is 18.8 Å². The van der Waals surface area contributed by atoms with E-state index in [-0.39, 0.29) is 0 Å². The van der Waals surface area contributed by atoms with Crippen molar-refractivity contribution in [2.24, 2.45) is 0 Å². The highest BCUT2D eigenvalue weighted by molar-refractivity contribution is 9.10. The topological polar surface area (TPSA) is 76.7 Å². The third-order valence-electron chi connectivity index (χ3n) is 2.28. The van der Waals surface area contributed by atoms with Gasteiger partial charge in [0, 0.05) is 25.5 Å². The van der Waals surface area contributed by atoms with E-state index in [1.165, 1.54) is 6.39 Å². The summed E-state index contributed by atoms with van der Waals surface area (Å²) >= 11 is 3.38.